The van der Waals surface area contributed by atoms with Crippen LogP contribution in [-0.4, -0.2) is 40.4 Å². The van der Waals surface area contributed by atoms with E-state index in [-0.39, 0.29) is 17.8 Å². The number of ether oxygens (including phenoxy) is 2. The number of rotatable bonds is 4. The van der Waals surface area contributed by atoms with E-state index in [0.717, 1.165) is 44.9 Å². The molecule has 166 valence electrons. The highest BCUT2D eigenvalue weighted by molar-refractivity contribution is 9.10. The van der Waals surface area contributed by atoms with E-state index < -0.39 is 5.97 Å². The van der Waals surface area contributed by atoms with Crippen LogP contribution in [0.1, 0.15) is 34.9 Å². The van der Waals surface area contributed by atoms with Crippen molar-refractivity contribution in [3.8, 4) is 0 Å². The molecule has 0 aliphatic carbocycles. The van der Waals surface area contributed by atoms with Gasteiger partial charge in [0.15, 0.2) is 0 Å². The fourth-order valence-corrected chi connectivity index (χ4v) is 5.22. The number of fused-ring (bicyclic) bond motifs is 3. The molecule has 32 heavy (non-hydrogen) atoms. The summed E-state index contributed by atoms with van der Waals surface area (Å²) in [5.41, 5.74) is 5.00. The molecule has 6 nitrogen and oxygen atoms in total. The van der Waals surface area contributed by atoms with Crippen molar-refractivity contribution >= 4 is 44.0 Å². The normalized spacial score (nSPS) is 16.0. The van der Waals surface area contributed by atoms with E-state index in [9.17, 15) is 9.18 Å². The molecule has 1 saturated heterocycles. The predicted octanol–water partition coefficient (Wildman–Crippen LogP) is 5.23. The van der Waals surface area contributed by atoms with E-state index in [4.69, 9.17) is 14.5 Å². The van der Waals surface area contributed by atoms with Gasteiger partial charge in [0.2, 0.25) is 0 Å². The maximum absolute atomic E-state index is 13.8. The zero-order chi connectivity index (χ0) is 22.4. The van der Waals surface area contributed by atoms with Crippen molar-refractivity contribution in [3.63, 3.8) is 0 Å². The minimum Gasteiger partial charge on any atom is -0.464 e. The molecule has 0 spiro atoms. The number of nitrogens with zero attached hydrogens (tertiary/aromatic N) is 3. The topological polar surface area (TPSA) is 58.3 Å². The molecule has 1 fully saturated rings. The Morgan fingerprint density at radius 3 is 2.62 bits per heavy atom. The molecule has 0 bridgehead atoms. The van der Waals surface area contributed by atoms with E-state index in [2.05, 4.69) is 26.6 Å². The summed E-state index contributed by atoms with van der Waals surface area (Å²) in [6.07, 6.45) is 3.54. The summed E-state index contributed by atoms with van der Waals surface area (Å²) < 4.78 is 29.4. The summed E-state index contributed by atoms with van der Waals surface area (Å²) in [7, 11) is 3.23. The summed E-state index contributed by atoms with van der Waals surface area (Å²) >= 11 is 3.56. The summed E-state index contributed by atoms with van der Waals surface area (Å²) in [4.78, 5) is 17.1. The summed E-state index contributed by atoms with van der Waals surface area (Å²) in [5.74, 6) is -0.377. The van der Waals surface area contributed by atoms with E-state index in [0.29, 0.717) is 18.9 Å². The van der Waals surface area contributed by atoms with Crippen LogP contribution in [0.4, 0.5) is 4.39 Å². The molecule has 1 atom stereocenters. The highest BCUT2D eigenvalue weighted by Gasteiger charge is 2.32. The van der Waals surface area contributed by atoms with E-state index >= 15 is 0 Å². The maximum Gasteiger partial charge on any atom is 0.354 e. The Hall–Kier alpha value is -2.71. The Labute approximate surface area is 193 Å². The number of esters is 1. The number of hydrogen-bond acceptors (Lipinski definition) is 4. The second kappa shape index (κ2) is 8.33. The third-order valence-corrected chi connectivity index (χ3v) is 6.82. The molecule has 0 amide bonds. The van der Waals surface area contributed by atoms with Crippen LogP contribution in [0.15, 0.2) is 47.1 Å². The Morgan fingerprint density at radius 1 is 1.22 bits per heavy atom. The second-order valence-corrected chi connectivity index (χ2v) is 9.07. The van der Waals surface area contributed by atoms with Crippen molar-refractivity contribution in [2.45, 2.75) is 18.9 Å². The number of pyridine rings is 1. The maximum atomic E-state index is 13.8. The van der Waals surface area contributed by atoms with Gasteiger partial charge in [-0.3, -0.25) is 4.98 Å². The van der Waals surface area contributed by atoms with Gasteiger partial charge in [-0.15, -0.1) is 0 Å². The average molecular weight is 500 g/mol. The number of benzene rings is 1. The van der Waals surface area contributed by atoms with Crippen molar-refractivity contribution in [3.05, 3.63) is 64.1 Å². The van der Waals surface area contributed by atoms with Crippen molar-refractivity contribution in [2.75, 3.05) is 20.3 Å². The van der Waals surface area contributed by atoms with Gasteiger partial charge in [-0.05, 0) is 64.5 Å². The lowest BCUT2D eigenvalue weighted by Crippen LogP contribution is -2.26. The minimum atomic E-state index is -0.398. The fraction of sp³-hybridized carbons (Fsp3) is 0.333. The molecule has 0 radical (unpaired) electrons. The number of carbonyl (C=O) groups is 1. The molecule has 1 aliphatic heterocycles. The van der Waals surface area contributed by atoms with Crippen molar-refractivity contribution in [1.29, 1.82) is 0 Å². The van der Waals surface area contributed by atoms with E-state index in [1.54, 1.807) is 6.20 Å². The van der Waals surface area contributed by atoms with Gasteiger partial charge in [0, 0.05) is 30.9 Å². The standard InChI is InChI=1S/C24H23BrFN3O3/c1-28-20(24(30)31-2)12-19-23(28)21-18(11-16(25)13-27-21)29(19)22(15-7-9-32-10-8-15)14-3-5-17(26)6-4-14/h3-6,11-13,15,22H,7-10H2,1-2H3. The molecule has 1 aromatic carbocycles. The third-order valence-electron chi connectivity index (χ3n) is 6.39. The molecule has 0 N–H and O–H groups in total. The zero-order valence-corrected chi connectivity index (χ0v) is 19.4. The SMILES string of the molecule is COC(=O)c1cc2c(c3ncc(Br)cc3n2C(c2ccc(F)cc2)C2CCOCC2)n1C. The zero-order valence-electron chi connectivity index (χ0n) is 17.8. The predicted molar refractivity (Wildman–Crippen MR) is 123 cm³/mol. The van der Waals surface area contributed by atoms with Crippen molar-refractivity contribution < 1.29 is 18.7 Å². The summed E-state index contributed by atoms with van der Waals surface area (Å²) in [6.45, 7) is 1.38. The highest BCUT2D eigenvalue weighted by Crippen LogP contribution is 2.41. The van der Waals surface area contributed by atoms with Gasteiger partial charge < -0.3 is 18.6 Å². The van der Waals surface area contributed by atoms with Crippen LogP contribution in [0.3, 0.4) is 0 Å². The molecule has 8 heteroatoms. The number of aromatic nitrogens is 3. The van der Waals surface area contributed by atoms with E-state index in [1.165, 1.54) is 19.2 Å². The first-order valence-electron chi connectivity index (χ1n) is 10.6. The van der Waals surface area contributed by atoms with Crippen LogP contribution in [0.5, 0.6) is 0 Å². The van der Waals surface area contributed by atoms with Crippen LogP contribution in [0, 0.1) is 11.7 Å². The highest BCUT2D eigenvalue weighted by atomic mass is 79.9. The summed E-state index contributed by atoms with van der Waals surface area (Å²) in [5, 5.41) is 0. The lowest BCUT2D eigenvalue weighted by atomic mass is 9.86. The number of halogens is 2. The molecular weight excluding hydrogens is 477 g/mol. The quantitative estimate of drug-likeness (QED) is 0.360. The van der Waals surface area contributed by atoms with Gasteiger partial charge >= 0.3 is 5.97 Å². The van der Waals surface area contributed by atoms with Crippen molar-refractivity contribution in [1.82, 2.24) is 14.1 Å². The lowest BCUT2D eigenvalue weighted by molar-refractivity contribution is 0.0552. The fourth-order valence-electron chi connectivity index (χ4n) is 4.90. The van der Waals surface area contributed by atoms with Crippen LogP contribution >= 0.6 is 15.9 Å². The third kappa shape index (κ3) is 3.42. The first kappa shape index (κ1) is 21.2. The molecule has 4 heterocycles. The second-order valence-electron chi connectivity index (χ2n) is 8.15. The van der Waals surface area contributed by atoms with Gasteiger partial charge in [0.05, 0.1) is 29.7 Å². The van der Waals surface area contributed by atoms with Gasteiger partial charge in [-0.2, -0.15) is 0 Å². The monoisotopic (exact) mass is 499 g/mol. The van der Waals surface area contributed by atoms with Gasteiger partial charge in [-0.1, -0.05) is 12.1 Å². The van der Waals surface area contributed by atoms with Crippen LogP contribution in [-0.2, 0) is 16.5 Å². The number of methoxy groups -OCH3 is 1. The molecule has 0 saturated carbocycles. The Bertz CT molecular complexity index is 1310. The lowest BCUT2D eigenvalue weighted by Gasteiger charge is -2.33. The number of aryl methyl sites for hydroxylation is 1. The van der Waals surface area contributed by atoms with Gasteiger partial charge in [-0.25, -0.2) is 9.18 Å². The van der Waals surface area contributed by atoms with Gasteiger partial charge in [0.1, 0.15) is 17.0 Å². The first-order valence-corrected chi connectivity index (χ1v) is 11.3. The van der Waals surface area contributed by atoms with Crippen LogP contribution in [0.25, 0.3) is 22.1 Å². The number of hydrogen-bond donors (Lipinski definition) is 0. The molecule has 4 aromatic rings. The smallest absolute Gasteiger partial charge is 0.354 e. The molecule has 3 aromatic heterocycles. The Balaban J connectivity index is 1.84. The molecule has 1 aliphatic rings. The first-order chi connectivity index (χ1) is 15.5. The molecule has 5 rings (SSSR count). The largest absolute Gasteiger partial charge is 0.464 e. The Morgan fingerprint density at radius 2 is 1.94 bits per heavy atom. The molecule has 1 unspecified atom stereocenters. The van der Waals surface area contributed by atoms with E-state index in [1.807, 2.05) is 29.8 Å². The van der Waals surface area contributed by atoms with Gasteiger partial charge in [0.25, 0.3) is 0 Å². The van der Waals surface area contributed by atoms with Crippen molar-refractivity contribution in [2.24, 2.45) is 13.0 Å². The van der Waals surface area contributed by atoms with Crippen LogP contribution in [0.2, 0.25) is 0 Å². The number of carbonyl (C=O) groups excluding carboxylic acids is 1. The van der Waals surface area contributed by atoms with Crippen LogP contribution < -0.4 is 0 Å². The Kier molecular flexibility index (Phi) is 5.51. The summed E-state index contributed by atoms with van der Waals surface area (Å²) in [6, 6.07) is 10.6. The minimum absolute atomic E-state index is 0.0662. The average Bonchev–Trinajstić information content (AvgIpc) is 3.30. The molecular formula is C24H23BrFN3O3.